The van der Waals surface area contributed by atoms with Crippen molar-refractivity contribution in [2.75, 3.05) is 0 Å². The van der Waals surface area contributed by atoms with Crippen LogP contribution < -0.4 is 0 Å². The number of halogens is 6. The average Bonchev–Trinajstić information content (AvgIpc) is 2.28. The first kappa shape index (κ1) is 22.5. The molecule has 0 aromatic heterocycles. The molecule has 0 saturated heterocycles. The van der Waals surface area contributed by atoms with Gasteiger partial charge in [0.05, 0.1) is 0 Å². The van der Waals surface area contributed by atoms with Gasteiger partial charge in [-0.25, -0.2) is 9.59 Å². The number of hydrogen-bond acceptors (Lipinski definition) is 3. The molecule has 0 fully saturated rings. The van der Waals surface area contributed by atoms with E-state index in [1.807, 2.05) is 0 Å². The second-order valence-corrected chi connectivity index (χ2v) is 11.9. The Kier molecular flexibility index (Phi) is 7.53. The highest BCUT2D eigenvalue weighted by atomic mass is 28.3. The van der Waals surface area contributed by atoms with E-state index in [1.165, 1.54) is 0 Å². The number of carbonyl (C=O) groups excluding carboxylic acids is 1. The molecule has 0 bridgehead atoms. The van der Waals surface area contributed by atoms with E-state index in [1.54, 1.807) is 19.6 Å². The maximum atomic E-state index is 12.8. The SMILES string of the molecule is C[Si](C)(C)CCC(OC(=O)C=CC(=O)O)C(C(F)(F)F)C(F)(F)F. The molecule has 0 radical (unpaired) electrons. The lowest BCUT2D eigenvalue weighted by Gasteiger charge is -2.31. The molecule has 140 valence electrons. The second kappa shape index (κ2) is 8.04. The maximum Gasteiger partial charge on any atom is 0.404 e. The second-order valence-electron chi connectivity index (χ2n) is 6.31. The molecule has 4 nitrogen and oxygen atoms in total. The molecule has 0 rings (SSSR count). The molecule has 0 aliphatic carbocycles. The Morgan fingerprint density at radius 2 is 1.50 bits per heavy atom. The Labute approximate surface area is 135 Å². The van der Waals surface area contributed by atoms with Gasteiger partial charge in [-0.2, -0.15) is 26.3 Å². The molecule has 0 spiro atoms. The summed E-state index contributed by atoms with van der Waals surface area (Å²) < 4.78 is 81.3. The molecule has 0 heterocycles. The predicted molar refractivity (Wildman–Crippen MR) is 75.0 cm³/mol. The van der Waals surface area contributed by atoms with Crippen LogP contribution in [0.3, 0.4) is 0 Å². The smallest absolute Gasteiger partial charge is 0.404 e. The lowest BCUT2D eigenvalue weighted by atomic mass is 9.98. The van der Waals surface area contributed by atoms with Crippen LogP contribution >= 0.6 is 0 Å². The van der Waals surface area contributed by atoms with Gasteiger partial charge >= 0.3 is 24.3 Å². The van der Waals surface area contributed by atoms with Crippen molar-refractivity contribution in [3.05, 3.63) is 12.2 Å². The number of carbonyl (C=O) groups is 2. The zero-order valence-electron chi connectivity index (χ0n) is 13.2. The molecule has 1 unspecified atom stereocenters. The third kappa shape index (κ3) is 8.94. The molecular weight excluding hydrogens is 362 g/mol. The van der Waals surface area contributed by atoms with Gasteiger partial charge in [0.25, 0.3) is 0 Å². The summed E-state index contributed by atoms with van der Waals surface area (Å²) in [6.07, 6.45) is -13.9. The average molecular weight is 380 g/mol. The van der Waals surface area contributed by atoms with E-state index >= 15 is 0 Å². The summed E-state index contributed by atoms with van der Waals surface area (Å²) in [5, 5.41) is 8.33. The van der Waals surface area contributed by atoms with E-state index in [0.717, 1.165) is 0 Å². The molecule has 0 amide bonds. The highest BCUT2D eigenvalue weighted by Crippen LogP contribution is 2.44. The van der Waals surface area contributed by atoms with E-state index in [-0.39, 0.29) is 18.2 Å². The molecule has 1 atom stereocenters. The lowest BCUT2D eigenvalue weighted by molar-refractivity contribution is -0.307. The van der Waals surface area contributed by atoms with Crippen LogP contribution in [0.25, 0.3) is 0 Å². The molecular formula is C13H18F6O4Si. The van der Waals surface area contributed by atoms with Crippen LogP contribution in [-0.4, -0.2) is 43.6 Å². The van der Waals surface area contributed by atoms with Crippen molar-refractivity contribution in [3.63, 3.8) is 0 Å². The Balaban J connectivity index is 5.50. The number of esters is 1. The fourth-order valence-electron chi connectivity index (χ4n) is 1.80. The zero-order chi connectivity index (χ0) is 19.3. The van der Waals surface area contributed by atoms with Crippen molar-refractivity contribution in [3.8, 4) is 0 Å². The third-order valence-corrected chi connectivity index (χ3v) is 4.67. The summed E-state index contributed by atoms with van der Waals surface area (Å²) in [4.78, 5) is 21.6. The molecule has 0 saturated carbocycles. The number of aliphatic carboxylic acids is 1. The number of carboxylic acids is 1. The van der Waals surface area contributed by atoms with E-state index in [2.05, 4.69) is 4.74 Å². The standard InChI is InChI=1S/C13H18F6O4Si/c1-24(2,3)7-6-8(23-10(22)5-4-9(20)21)11(12(14,15)16)13(17,18)19/h4-5,8,11H,6-7H2,1-3H3,(H,20,21). The first-order valence-corrected chi connectivity index (χ1v) is 10.5. The Morgan fingerprint density at radius 1 is 1.04 bits per heavy atom. The first-order chi connectivity index (χ1) is 10.5. The maximum absolute atomic E-state index is 12.8. The van der Waals surface area contributed by atoms with E-state index in [0.29, 0.717) is 0 Å². The van der Waals surface area contributed by atoms with Crippen LogP contribution in [0, 0.1) is 5.92 Å². The topological polar surface area (TPSA) is 63.6 Å². The third-order valence-electron chi connectivity index (χ3n) is 2.89. The lowest BCUT2D eigenvalue weighted by Crippen LogP contribution is -2.47. The minimum absolute atomic E-state index is 0.0657. The van der Waals surface area contributed by atoms with Crippen molar-refractivity contribution in [2.24, 2.45) is 5.92 Å². The number of ether oxygens (including phenoxy) is 1. The van der Waals surface area contributed by atoms with Crippen LogP contribution in [0.15, 0.2) is 12.2 Å². The van der Waals surface area contributed by atoms with E-state index in [4.69, 9.17) is 5.11 Å². The molecule has 1 N–H and O–H groups in total. The van der Waals surface area contributed by atoms with Gasteiger partial charge < -0.3 is 9.84 Å². The fraction of sp³-hybridized carbons (Fsp3) is 0.692. The fourth-order valence-corrected chi connectivity index (χ4v) is 2.95. The van der Waals surface area contributed by atoms with Crippen LogP contribution in [0.2, 0.25) is 25.7 Å². The molecule has 0 aromatic rings. The highest BCUT2D eigenvalue weighted by molar-refractivity contribution is 6.76. The predicted octanol–water partition coefficient (Wildman–Crippen LogP) is 4.01. The van der Waals surface area contributed by atoms with E-state index in [9.17, 15) is 35.9 Å². The largest absolute Gasteiger partial charge is 0.478 e. The minimum atomic E-state index is -5.65. The van der Waals surface area contributed by atoms with E-state index < -0.39 is 50.8 Å². The normalized spacial score (nSPS) is 14.9. The van der Waals surface area contributed by atoms with Gasteiger partial charge in [-0.3, -0.25) is 0 Å². The molecule has 0 aromatic carbocycles. The molecule has 0 aliphatic rings. The molecule has 11 heteroatoms. The van der Waals surface area contributed by atoms with Gasteiger partial charge in [-0.15, -0.1) is 0 Å². The Bertz CT molecular complexity index is 464. The van der Waals surface area contributed by atoms with Gasteiger partial charge in [0.15, 0.2) is 5.92 Å². The molecule has 0 aliphatic heterocycles. The monoisotopic (exact) mass is 380 g/mol. The van der Waals surface area contributed by atoms with Gasteiger partial charge in [-0.1, -0.05) is 25.7 Å². The van der Waals surface area contributed by atoms with Crippen molar-refractivity contribution in [2.45, 2.75) is 50.6 Å². The summed E-state index contributed by atoms with van der Waals surface area (Å²) in [7, 11) is -2.01. The Morgan fingerprint density at radius 3 is 1.83 bits per heavy atom. The van der Waals surface area contributed by atoms with Crippen molar-refractivity contribution in [1.29, 1.82) is 0 Å². The molecule has 24 heavy (non-hydrogen) atoms. The van der Waals surface area contributed by atoms with Crippen molar-refractivity contribution in [1.82, 2.24) is 0 Å². The summed E-state index contributed by atoms with van der Waals surface area (Å²) in [6, 6.07) is 0.0657. The van der Waals surface area contributed by atoms with Crippen LogP contribution in [-0.2, 0) is 14.3 Å². The highest BCUT2D eigenvalue weighted by Gasteiger charge is 2.61. The summed E-state index contributed by atoms with van der Waals surface area (Å²) in [5.74, 6) is -6.99. The quantitative estimate of drug-likeness (QED) is 0.314. The number of hydrogen-bond donors (Lipinski definition) is 1. The van der Waals surface area contributed by atoms with Crippen LogP contribution in [0.4, 0.5) is 26.3 Å². The van der Waals surface area contributed by atoms with Gasteiger partial charge in [-0.05, 0) is 6.42 Å². The summed E-state index contributed by atoms with van der Waals surface area (Å²) in [6.45, 7) is 5.23. The number of carboxylic acid groups (broad SMARTS) is 1. The van der Waals surface area contributed by atoms with Crippen LogP contribution in [0.5, 0.6) is 0 Å². The minimum Gasteiger partial charge on any atom is -0.478 e. The summed E-state index contributed by atoms with van der Waals surface area (Å²) in [5.41, 5.74) is 0. The van der Waals surface area contributed by atoms with Crippen LogP contribution in [0.1, 0.15) is 6.42 Å². The summed E-state index contributed by atoms with van der Waals surface area (Å²) >= 11 is 0. The first-order valence-electron chi connectivity index (χ1n) is 6.79. The van der Waals surface area contributed by atoms with Gasteiger partial charge in [0.2, 0.25) is 0 Å². The zero-order valence-corrected chi connectivity index (χ0v) is 14.2. The van der Waals surface area contributed by atoms with Gasteiger partial charge in [0, 0.05) is 20.2 Å². The van der Waals surface area contributed by atoms with Crippen molar-refractivity contribution >= 4 is 20.0 Å². The number of alkyl halides is 6. The Hall–Kier alpha value is -1.52. The van der Waals surface area contributed by atoms with Crippen molar-refractivity contribution < 1.29 is 45.8 Å². The number of rotatable bonds is 7. The van der Waals surface area contributed by atoms with Gasteiger partial charge in [0.1, 0.15) is 6.10 Å².